The molecule has 3 aromatic rings. The minimum absolute atomic E-state index is 0.243. The van der Waals surface area contributed by atoms with E-state index in [4.69, 9.17) is 13.9 Å². The van der Waals surface area contributed by atoms with Gasteiger partial charge in [0.25, 0.3) is 0 Å². The summed E-state index contributed by atoms with van der Waals surface area (Å²) in [6, 6.07) is 12.8. The fraction of sp³-hybridized carbons (Fsp3) is 0.238. The molecule has 0 unspecified atom stereocenters. The zero-order valence-electron chi connectivity index (χ0n) is 15.4. The van der Waals surface area contributed by atoms with E-state index >= 15 is 0 Å². The predicted molar refractivity (Wildman–Crippen MR) is 99.8 cm³/mol. The van der Waals surface area contributed by atoms with Crippen molar-refractivity contribution in [2.75, 3.05) is 14.2 Å². The first kappa shape index (κ1) is 18.5. The lowest BCUT2D eigenvalue weighted by molar-refractivity contribution is -0.140. The average molecular weight is 368 g/mol. The zero-order valence-corrected chi connectivity index (χ0v) is 15.4. The maximum absolute atomic E-state index is 11.4. The summed E-state index contributed by atoms with van der Waals surface area (Å²) >= 11 is 0. The van der Waals surface area contributed by atoms with Gasteiger partial charge < -0.3 is 18.6 Å². The predicted octanol–water partition coefficient (Wildman–Crippen LogP) is 4.14. The van der Waals surface area contributed by atoms with Gasteiger partial charge in [-0.2, -0.15) is 0 Å². The SMILES string of the molecule is COC(=O)CCc1ccc2oc(-c3ccc(OC)cc3OC(C)=O)cc2c1. The summed E-state index contributed by atoms with van der Waals surface area (Å²) in [5, 5.41) is 0.900. The van der Waals surface area contributed by atoms with Gasteiger partial charge in [-0.05, 0) is 42.3 Å². The molecule has 0 fully saturated rings. The van der Waals surface area contributed by atoms with Crippen molar-refractivity contribution in [1.82, 2.24) is 0 Å². The second-order valence-corrected chi connectivity index (χ2v) is 6.01. The molecule has 0 saturated heterocycles. The lowest BCUT2D eigenvalue weighted by atomic mass is 10.1. The zero-order chi connectivity index (χ0) is 19.4. The summed E-state index contributed by atoms with van der Waals surface area (Å²) in [5.74, 6) is 0.856. The molecule has 0 spiro atoms. The van der Waals surface area contributed by atoms with E-state index in [2.05, 4.69) is 4.74 Å². The van der Waals surface area contributed by atoms with E-state index in [1.54, 1.807) is 25.3 Å². The number of rotatable bonds is 6. The van der Waals surface area contributed by atoms with Crippen LogP contribution >= 0.6 is 0 Å². The van der Waals surface area contributed by atoms with E-state index in [-0.39, 0.29) is 5.97 Å². The highest BCUT2D eigenvalue weighted by Gasteiger charge is 2.15. The molecule has 0 saturated carbocycles. The first-order valence-electron chi connectivity index (χ1n) is 8.46. The second-order valence-electron chi connectivity index (χ2n) is 6.01. The maximum Gasteiger partial charge on any atom is 0.308 e. The van der Waals surface area contributed by atoms with Crippen LogP contribution in [0.3, 0.4) is 0 Å². The van der Waals surface area contributed by atoms with Crippen LogP contribution in [0.4, 0.5) is 0 Å². The summed E-state index contributed by atoms with van der Waals surface area (Å²) in [4.78, 5) is 22.8. The smallest absolute Gasteiger partial charge is 0.308 e. The molecule has 1 heterocycles. The number of hydrogen-bond donors (Lipinski definition) is 0. The van der Waals surface area contributed by atoms with Crippen molar-refractivity contribution >= 4 is 22.9 Å². The molecule has 0 amide bonds. The first-order valence-corrected chi connectivity index (χ1v) is 8.46. The van der Waals surface area contributed by atoms with E-state index in [0.29, 0.717) is 41.2 Å². The number of benzene rings is 2. The first-order chi connectivity index (χ1) is 13.0. The molecule has 0 aliphatic rings. The summed E-state index contributed by atoms with van der Waals surface area (Å²) < 4.78 is 21.1. The topological polar surface area (TPSA) is 75.0 Å². The van der Waals surface area contributed by atoms with Crippen molar-refractivity contribution < 1.29 is 28.2 Å². The van der Waals surface area contributed by atoms with Gasteiger partial charge in [-0.15, -0.1) is 0 Å². The van der Waals surface area contributed by atoms with E-state index in [1.807, 2.05) is 24.3 Å². The summed E-state index contributed by atoms with van der Waals surface area (Å²) in [7, 11) is 2.92. The number of esters is 2. The molecule has 3 rings (SSSR count). The minimum atomic E-state index is -0.425. The molecule has 0 aliphatic heterocycles. The van der Waals surface area contributed by atoms with Crippen molar-refractivity contribution in [3.8, 4) is 22.8 Å². The highest BCUT2D eigenvalue weighted by Crippen LogP contribution is 2.37. The highest BCUT2D eigenvalue weighted by atomic mass is 16.5. The summed E-state index contributed by atoms with van der Waals surface area (Å²) in [6.07, 6.45) is 0.909. The highest BCUT2D eigenvalue weighted by molar-refractivity contribution is 5.85. The third-order valence-electron chi connectivity index (χ3n) is 4.13. The van der Waals surface area contributed by atoms with Gasteiger partial charge in [0, 0.05) is 24.8 Å². The molecule has 2 aromatic carbocycles. The number of aryl methyl sites for hydroxylation is 1. The Morgan fingerprint density at radius 1 is 1.04 bits per heavy atom. The Kier molecular flexibility index (Phi) is 5.45. The summed E-state index contributed by atoms with van der Waals surface area (Å²) in [5.41, 5.74) is 2.37. The van der Waals surface area contributed by atoms with Crippen LogP contribution < -0.4 is 9.47 Å². The molecular weight excluding hydrogens is 348 g/mol. The molecule has 6 heteroatoms. The number of hydrogen-bond acceptors (Lipinski definition) is 6. The quantitative estimate of drug-likeness (QED) is 0.481. The van der Waals surface area contributed by atoms with Crippen molar-refractivity contribution in [1.29, 1.82) is 0 Å². The number of carbonyl (C=O) groups is 2. The van der Waals surface area contributed by atoms with Crippen molar-refractivity contribution in [3.63, 3.8) is 0 Å². The Bertz CT molecular complexity index is 986. The Morgan fingerprint density at radius 3 is 2.56 bits per heavy atom. The van der Waals surface area contributed by atoms with E-state index in [0.717, 1.165) is 10.9 Å². The van der Waals surface area contributed by atoms with Crippen LogP contribution in [0.25, 0.3) is 22.3 Å². The Labute approximate surface area is 156 Å². The van der Waals surface area contributed by atoms with Crippen molar-refractivity contribution in [3.05, 3.63) is 48.0 Å². The fourth-order valence-corrected chi connectivity index (χ4v) is 2.80. The van der Waals surface area contributed by atoms with Gasteiger partial charge in [0.1, 0.15) is 22.8 Å². The van der Waals surface area contributed by atoms with Gasteiger partial charge >= 0.3 is 11.9 Å². The molecule has 0 atom stereocenters. The van der Waals surface area contributed by atoms with Crippen LogP contribution in [0.1, 0.15) is 18.9 Å². The van der Waals surface area contributed by atoms with E-state index < -0.39 is 5.97 Å². The lowest BCUT2D eigenvalue weighted by Crippen LogP contribution is -2.02. The third kappa shape index (κ3) is 4.28. The maximum atomic E-state index is 11.4. The number of ether oxygens (including phenoxy) is 3. The number of fused-ring (bicyclic) bond motifs is 1. The van der Waals surface area contributed by atoms with Crippen LogP contribution in [0.2, 0.25) is 0 Å². The monoisotopic (exact) mass is 368 g/mol. The van der Waals surface area contributed by atoms with Gasteiger partial charge in [0.2, 0.25) is 0 Å². The van der Waals surface area contributed by atoms with Crippen LogP contribution in [-0.4, -0.2) is 26.2 Å². The fourth-order valence-electron chi connectivity index (χ4n) is 2.80. The standard InChI is InChI=1S/C21H20O6/c1-13(22)26-20-12-16(24-2)6-7-17(20)19-11-15-10-14(4-8-18(15)27-19)5-9-21(23)25-3/h4,6-8,10-12H,5,9H2,1-3H3. The molecule has 0 aliphatic carbocycles. The van der Waals surface area contributed by atoms with Crippen LogP contribution in [0.5, 0.6) is 11.5 Å². The molecule has 6 nitrogen and oxygen atoms in total. The number of carbonyl (C=O) groups excluding carboxylic acids is 2. The largest absolute Gasteiger partial charge is 0.497 e. The van der Waals surface area contributed by atoms with Crippen LogP contribution in [-0.2, 0) is 20.7 Å². The molecule has 0 N–H and O–H groups in total. The van der Waals surface area contributed by atoms with E-state index in [9.17, 15) is 9.59 Å². The Balaban J connectivity index is 1.95. The van der Waals surface area contributed by atoms with Gasteiger partial charge in [-0.3, -0.25) is 9.59 Å². The molecule has 0 bridgehead atoms. The average Bonchev–Trinajstić information content (AvgIpc) is 3.08. The Hall–Kier alpha value is -3.28. The molecule has 27 heavy (non-hydrogen) atoms. The third-order valence-corrected chi connectivity index (χ3v) is 4.13. The molecule has 140 valence electrons. The van der Waals surface area contributed by atoms with Crippen LogP contribution in [0, 0.1) is 0 Å². The number of methoxy groups -OCH3 is 2. The van der Waals surface area contributed by atoms with Gasteiger partial charge in [0.15, 0.2) is 0 Å². The van der Waals surface area contributed by atoms with Gasteiger partial charge in [-0.25, -0.2) is 0 Å². The van der Waals surface area contributed by atoms with E-state index in [1.165, 1.54) is 14.0 Å². The lowest BCUT2D eigenvalue weighted by Gasteiger charge is -2.08. The molecule has 1 aromatic heterocycles. The van der Waals surface area contributed by atoms with Gasteiger partial charge in [0.05, 0.1) is 19.8 Å². The number of furan rings is 1. The molecular formula is C21H20O6. The normalized spacial score (nSPS) is 10.6. The minimum Gasteiger partial charge on any atom is -0.497 e. The molecule has 0 radical (unpaired) electrons. The van der Waals surface area contributed by atoms with Crippen molar-refractivity contribution in [2.24, 2.45) is 0 Å². The second kappa shape index (κ2) is 7.95. The Morgan fingerprint density at radius 2 is 1.85 bits per heavy atom. The summed E-state index contributed by atoms with van der Waals surface area (Å²) in [6.45, 7) is 1.34. The van der Waals surface area contributed by atoms with Crippen molar-refractivity contribution in [2.45, 2.75) is 19.8 Å². The van der Waals surface area contributed by atoms with Crippen LogP contribution in [0.15, 0.2) is 46.9 Å². The van der Waals surface area contributed by atoms with Gasteiger partial charge in [-0.1, -0.05) is 6.07 Å².